The molecule has 0 saturated carbocycles. The molecule has 32 heavy (non-hydrogen) atoms. The van der Waals surface area contributed by atoms with Gasteiger partial charge in [-0.05, 0) is 44.7 Å². The summed E-state index contributed by atoms with van der Waals surface area (Å²) in [5.41, 5.74) is 1.47. The van der Waals surface area contributed by atoms with E-state index in [0.29, 0.717) is 30.2 Å². The number of fused-ring (bicyclic) bond motifs is 1. The molecule has 1 N–H and O–H groups in total. The molecule has 2 aromatic heterocycles. The van der Waals surface area contributed by atoms with E-state index in [4.69, 9.17) is 8.83 Å². The lowest BCUT2D eigenvalue weighted by molar-refractivity contribution is -0.135. The zero-order valence-corrected chi connectivity index (χ0v) is 18.6. The van der Waals surface area contributed by atoms with Crippen LogP contribution in [0.5, 0.6) is 0 Å². The van der Waals surface area contributed by atoms with E-state index >= 15 is 0 Å². The lowest BCUT2D eigenvalue weighted by atomic mass is 10.1. The number of amides is 2. The summed E-state index contributed by atoms with van der Waals surface area (Å²) in [6.45, 7) is 6.54. The summed E-state index contributed by atoms with van der Waals surface area (Å²) >= 11 is 0. The summed E-state index contributed by atoms with van der Waals surface area (Å²) in [5, 5.41) is 9.93. The van der Waals surface area contributed by atoms with Gasteiger partial charge in [0.2, 0.25) is 5.91 Å². The molecule has 0 saturated heterocycles. The van der Waals surface area contributed by atoms with Gasteiger partial charge in [0.1, 0.15) is 23.1 Å². The first kappa shape index (κ1) is 21.8. The molecule has 0 radical (unpaired) electrons. The molecule has 0 fully saturated rings. The van der Waals surface area contributed by atoms with Crippen LogP contribution in [0.25, 0.3) is 11.0 Å². The fourth-order valence-electron chi connectivity index (χ4n) is 3.83. The Morgan fingerprint density at radius 2 is 2.03 bits per heavy atom. The Bertz CT molecular complexity index is 1080. The van der Waals surface area contributed by atoms with Crippen LogP contribution in [0.15, 0.2) is 62.7 Å². The third-order valence-electron chi connectivity index (χ3n) is 5.37. The van der Waals surface area contributed by atoms with Gasteiger partial charge in [-0.2, -0.15) is 5.10 Å². The van der Waals surface area contributed by atoms with Crippen molar-refractivity contribution in [3.63, 3.8) is 0 Å². The van der Waals surface area contributed by atoms with Gasteiger partial charge in [-0.3, -0.25) is 14.5 Å². The van der Waals surface area contributed by atoms with E-state index in [1.54, 1.807) is 17.2 Å². The van der Waals surface area contributed by atoms with E-state index in [-0.39, 0.29) is 37.0 Å². The zero-order chi connectivity index (χ0) is 22.7. The van der Waals surface area contributed by atoms with Crippen LogP contribution in [0.1, 0.15) is 44.8 Å². The molecule has 2 amide bonds. The van der Waals surface area contributed by atoms with Gasteiger partial charge in [0, 0.05) is 17.8 Å². The fraction of sp³-hybridized carbons (Fsp3) is 0.375. The third kappa shape index (κ3) is 4.75. The van der Waals surface area contributed by atoms with Crippen LogP contribution < -0.4 is 5.32 Å². The quantitative estimate of drug-likeness (QED) is 0.583. The fourth-order valence-corrected chi connectivity index (χ4v) is 3.83. The number of likely N-dealkylation sites (N-methyl/N-ethyl adjacent to an activating group) is 1. The minimum atomic E-state index is -0.357. The molecule has 1 aliphatic heterocycles. The normalized spacial score (nSPS) is 16.2. The molecule has 4 rings (SSSR count). The number of hydrogen-bond acceptors (Lipinski definition) is 6. The molecule has 8 heteroatoms. The Morgan fingerprint density at radius 3 is 2.72 bits per heavy atom. The van der Waals surface area contributed by atoms with Crippen molar-refractivity contribution in [2.75, 3.05) is 19.6 Å². The standard InChI is InChI=1S/C24H28N4O4/c1-4-27(14-23(29)25-16(2)3)15-24(30)28-19(21-10-7-11-31-21)13-18(26-28)22-12-17-8-5-6-9-20(17)32-22/h5-12,16,19H,4,13-15H2,1-3H3,(H,25,29). The van der Waals surface area contributed by atoms with E-state index in [1.807, 2.05) is 57.2 Å². The van der Waals surface area contributed by atoms with Crippen LogP contribution in [0.3, 0.4) is 0 Å². The summed E-state index contributed by atoms with van der Waals surface area (Å²) in [6, 6.07) is 13.0. The van der Waals surface area contributed by atoms with Crippen molar-refractivity contribution in [3.05, 3.63) is 60.2 Å². The number of hydrogen-bond donors (Lipinski definition) is 1. The van der Waals surface area contributed by atoms with E-state index in [0.717, 1.165) is 11.0 Å². The third-order valence-corrected chi connectivity index (χ3v) is 5.37. The largest absolute Gasteiger partial charge is 0.467 e. The highest BCUT2D eigenvalue weighted by Crippen LogP contribution is 2.34. The molecule has 8 nitrogen and oxygen atoms in total. The highest BCUT2D eigenvalue weighted by atomic mass is 16.3. The highest BCUT2D eigenvalue weighted by molar-refractivity contribution is 6.03. The first-order valence-electron chi connectivity index (χ1n) is 10.9. The number of para-hydroxylation sites is 1. The Balaban J connectivity index is 1.55. The topological polar surface area (TPSA) is 91.3 Å². The van der Waals surface area contributed by atoms with Crippen molar-refractivity contribution in [1.29, 1.82) is 0 Å². The predicted molar refractivity (Wildman–Crippen MR) is 121 cm³/mol. The molecule has 1 atom stereocenters. The lowest BCUT2D eigenvalue weighted by Gasteiger charge is -2.25. The predicted octanol–water partition coefficient (Wildman–Crippen LogP) is 3.55. The second-order valence-electron chi connectivity index (χ2n) is 8.19. The molecular formula is C24H28N4O4. The summed E-state index contributed by atoms with van der Waals surface area (Å²) in [7, 11) is 0. The molecule has 3 aromatic rings. The van der Waals surface area contributed by atoms with Crippen LogP contribution in [0.4, 0.5) is 0 Å². The van der Waals surface area contributed by atoms with E-state index < -0.39 is 0 Å². The number of nitrogens with one attached hydrogen (secondary N) is 1. The van der Waals surface area contributed by atoms with Crippen molar-refractivity contribution in [1.82, 2.24) is 15.2 Å². The SMILES string of the molecule is CCN(CC(=O)NC(C)C)CC(=O)N1N=C(c2cc3ccccc3o2)CC1c1ccco1. The molecule has 0 aliphatic carbocycles. The Morgan fingerprint density at radius 1 is 1.22 bits per heavy atom. The number of furan rings is 2. The number of benzene rings is 1. The van der Waals surface area contributed by atoms with E-state index in [2.05, 4.69) is 10.4 Å². The monoisotopic (exact) mass is 436 g/mol. The molecule has 1 aliphatic rings. The highest BCUT2D eigenvalue weighted by Gasteiger charge is 2.36. The average molecular weight is 437 g/mol. The molecule has 0 bridgehead atoms. The minimum absolute atomic E-state index is 0.0507. The van der Waals surface area contributed by atoms with Crippen molar-refractivity contribution >= 4 is 28.5 Å². The van der Waals surface area contributed by atoms with Crippen LogP contribution in [0, 0.1) is 0 Å². The van der Waals surface area contributed by atoms with Gasteiger partial charge in [0.25, 0.3) is 5.91 Å². The van der Waals surface area contributed by atoms with Gasteiger partial charge in [0.15, 0.2) is 5.76 Å². The summed E-state index contributed by atoms with van der Waals surface area (Å²) < 4.78 is 11.6. The maximum atomic E-state index is 13.2. The van der Waals surface area contributed by atoms with Crippen LogP contribution in [0.2, 0.25) is 0 Å². The van der Waals surface area contributed by atoms with Crippen LogP contribution in [-0.2, 0) is 9.59 Å². The summed E-state index contributed by atoms with van der Waals surface area (Å²) in [5.74, 6) is 0.998. The van der Waals surface area contributed by atoms with Crippen LogP contribution >= 0.6 is 0 Å². The molecule has 1 unspecified atom stereocenters. The van der Waals surface area contributed by atoms with Gasteiger partial charge in [0.05, 0.1) is 19.4 Å². The summed E-state index contributed by atoms with van der Waals surface area (Å²) in [4.78, 5) is 27.2. The number of nitrogens with zero attached hydrogens (tertiary/aromatic N) is 3. The van der Waals surface area contributed by atoms with E-state index in [9.17, 15) is 9.59 Å². The van der Waals surface area contributed by atoms with Crippen molar-refractivity contribution in [3.8, 4) is 0 Å². The first-order chi connectivity index (χ1) is 15.4. The summed E-state index contributed by atoms with van der Waals surface area (Å²) in [6.07, 6.45) is 2.07. The number of hydrazone groups is 1. The Hall–Kier alpha value is -3.39. The zero-order valence-electron chi connectivity index (χ0n) is 18.6. The van der Waals surface area contributed by atoms with Gasteiger partial charge >= 0.3 is 0 Å². The van der Waals surface area contributed by atoms with Crippen molar-refractivity contribution in [2.24, 2.45) is 5.10 Å². The van der Waals surface area contributed by atoms with Crippen molar-refractivity contribution in [2.45, 2.75) is 39.3 Å². The number of carbonyl (C=O) groups excluding carboxylic acids is 2. The average Bonchev–Trinajstić information content (AvgIpc) is 3.50. The van der Waals surface area contributed by atoms with Gasteiger partial charge in [-0.1, -0.05) is 25.1 Å². The molecular weight excluding hydrogens is 408 g/mol. The van der Waals surface area contributed by atoms with Gasteiger partial charge < -0.3 is 14.2 Å². The Labute approximate surface area is 186 Å². The minimum Gasteiger partial charge on any atom is -0.467 e. The second kappa shape index (κ2) is 9.40. The van der Waals surface area contributed by atoms with Crippen LogP contribution in [-0.4, -0.2) is 53.1 Å². The lowest BCUT2D eigenvalue weighted by Crippen LogP contribution is -2.44. The smallest absolute Gasteiger partial charge is 0.257 e. The van der Waals surface area contributed by atoms with E-state index in [1.165, 1.54) is 5.01 Å². The maximum absolute atomic E-state index is 13.2. The maximum Gasteiger partial charge on any atom is 0.257 e. The molecule has 0 spiro atoms. The first-order valence-corrected chi connectivity index (χ1v) is 10.9. The van der Waals surface area contributed by atoms with Crippen molar-refractivity contribution < 1.29 is 18.4 Å². The van der Waals surface area contributed by atoms with Gasteiger partial charge in [-0.25, -0.2) is 5.01 Å². The van der Waals surface area contributed by atoms with Gasteiger partial charge in [-0.15, -0.1) is 0 Å². The number of carbonyl (C=O) groups is 2. The molecule has 1 aromatic carbocycles. The molecule has 168 valence electrons. The number of rotatable bonds is 8. The molecule has 3 heterocycles. The second-order valence-corrected chi connectivity index (χ2v) is 8.19. The Kier molecular flexibility index (Phi) is 6.41.